The van der Waals surface area contributed by atoms with Crippen molar-refractivity contribution < 1.29 is 9.21 Å². The minimum absolute atomic E-state index is 0.185. The molecule has 0 aliphatic heterocycles. The molecular formula is C16H12Cl2N4O2. The normalized spacial score (nSPS) is 10.4. The van der Waals surface area contributed by atoms with Crippen molar-refractivity contribution in [1.82, 2.24) is 9.97 Å². The van der Waals surface area contributed by atoms with Gasteiger partial charge in [0.25, 0.3) is 5.91 Å². The minimum Gasteiger partial charge on any atom is -0.467 e. The molecular weight excluding hydrogens is 351 g/mol. The van der Waals surface area contributed by atoms with Gasteiger partial charge < -0.3 is 15.1 Å². The predicted molar refractivity (Wildman–Crippen MR) is 92.5 cm³/mol. The predicted octanol–water partition coefficient (Wildman–Crippen LogP) is 4.24. The number of carbonyl (C=O) groups is 1. The molecule has 24 heavy (non-hydrogen) atoms. The molecule has 6 nitrogen and oxygen atoms in total. The first-order valence-electron chi connectivity index (χ1n) is 6.96. The molecule has 3 rings (SSSR count). The van der Waals surface area contributed by atoms with Crippen molar-refractivity contribution in [3.05, 3.63) is 70.5 Å². The van der Waals surface area contributed by atoms with Crippen molar-refractivity contribution in [3.8, 4) is 0 Å². The number of hydrogen-bond acceptors (Lipinski definition) is 5. The monoisotopic (exact) mass is 362 g/mol. The Morgan fingerprint density at radius 1 is 1.12 bits per heavy atom. The van der Waals surface area contributed by atoms with Crippen LogP contribution >= 0.6 is 23.2 Å². The van der Waals surface area contributed by atoms with Crippen LogP contribution in [0.5, 0.6) is 0 Å². The number of nitrogens with one attached hydrogen (secondary N) is 2. The standard InChI is InChI=1S/C16H12Cl2N4O2/c17-12-4-3-10(6-13(12)18)22-16(23)14-8-21-15(9-19-14)20-7-11-2-1-5-24-11/h1-6,8-9H,7H2,(H,20,21)(H,22,23). The van der Waals surface area contributed by atoms with Gasteiger partial charge in [-0.25, -0.2) is 9.97 Å². The van der Waals surface area contributed by atoms with Gasteiger partial charge in [0.05, 0.1) is 35.2 Å². The molecule has 2 N–H and O–H groups in total. The van der Waals surface area contributed by atoms with Gasteiger partial charge in [0, 0.05) is 5.69 Å². The fourth-order valence-corrected chi connectivity index (χ4v) is 2.19. The maximum Gasteiger partial charge on any atom is 0.275 e. The highest BCUT2D eigenvalue weighted by Gasteiger charge is 2.10. The smallest absolute Gasteiger partial charge is 0.275 e. The summed E-state index contributed by atoms with van der Waals surface area (Å²) in [5, 5.41) is 6.50. The summed E-state index contributed by atoms with van der Waals surface area (Å²) in [4.78, 5) is 20.4. The zero-order valence-corrected chi connectivity index (χ0v) is 13.8. The second-order valence-corrected chi connectivity index (χ2v) is 5.62. The molecule has 0 saturated heterocycles. The van der Waals surface area contributed by atoms with Gasteiger partial charge in [-0.15, -0.1) is 0 Å². The van der Waals surface area contributed by atoms with E-state index in [1.807, 2.05) is 6.07 Å². The van der Waals surface area contributed by atoms with Crippen molar-refractivity contribution >= 4 is 40.6 Å². The number of carbonyl (C=O) groups excluding carboxylic acids is 1. The number of halogens is 2. The summed E-state index contributed by atoms with van der Waals surface area (Å²) in [5.74, 6) is 0.925. The van der Waals surface area contributed by atoms with Gasteiger partial charge in [0.15, 0.2) is 0 Å². The lowest BCUT2D eigenvalue weighted by atomic mass is 10.3. The van der Waals surface area contributed by atoms with Crippen molar-refractivity contribution in [2.75, 3.05) is 10.6 Å². The van der Waals surface area contributed by atoms with Crippen molar-refractivity contribution in [1.29, 1.82) is 0 Å². The first-order chi connectivity index (χ1) is 11.6. The first-order valence-corrected chi connectivity index (χ1v) is 7.72. The van der Waals surface area contributed by atoms with E-state index in [9.17, 15) is 4.79 Å². The number of amides is 1. The quantitative estimate of drug-likeness (QED) is 0.709. The zero-order chi connectivity index (χ0) is 16.9. The molecule has 0 saturated carbocycles. The summed E-state index contributed by atoms with van der Waals surface area (Å²) in [6.07, 6.45) is 4.46. The number of benzene rings is 1. The number of aromatic nitrogens is 2. The lowest BCUT2D eigenvalue weighted by Gasteiger charge is -2.07. The summed E-state index contributed by atoms with van der Waals surface area (Å²) in [6, 6.07) is 8.47. The Kier molecular flexibility index (Phi) is 4.98. The van der Waals surface area contributed by atoms with Crippen LogP contribution in [-0.4, -0.2) is 15.9 Å². The molecule has 1 amide bonds. The Balaban J connectivity index is 1.61. The Bertz CT molecular complexity index is 836. The summed E-state index contributed by atoms with van der Waals surface area (Å²) in [7, 11) is 0. The van der Waals surface area contributed by atoms with Gasteiger partial charge in [0.1, 0.15) is 17.3 Å². The summed E-state index contributed by atoms with van der Waals surface area (Å²) >= 11 is 11.8. The molecule has 0 spiro atoms. The molecule has 0 radical (unpaired) electrons. The van der Waals surface area contributed by atoms with E-state index in [1.165, 1.54) is 12.4 Å². The molecule has 0 aliphatic rings. The summed E-state index contributed by atoms with van der Waals surface area (Å²) < 4.78 is 5.21. The Hall–Kier alpha value is -2.57. The van der Waals surface area contributed by atoms with Crippen LogP contribution in [0.25, 0.3) is 0 Å². The maximum absolute atomic E-state index is 12.1. The van der Waals surface area contributed by atoms with E-state index in [2.05, 4.69) is 20.6 Å². The van der Waals surface area contributed by atoms with E-state index in [0.717, 1.165) is 5.76 Å². The maximum atomic E-state index is 12.1. The van der Waals surface area contributed by atoms with Gasteiger partial charge >= 0.3 is 0 Å². The third-order valence-corrected chi connectivity index (χ3v) is 3.82. The summed E-state index contributed by atoms with van der Waals surface area (Å²) in [6.45, 7) is 0.483. The molecule has 2 aromatic heterocycles. The van der Waals surface area contributed by atoms with E-state index < -0.39 is 5.91 Å². The number of anilines is 2. The Labute approximate surface area is 147 Å². The molecule has 0 aliphatic carbocycles. The van der Waals surface area contributed by atoms with Crippen LogP contribution in [0.3, 0.4) is 0 Å². The van der Waals surface area contributed by atoms with Crippen LogP contribution in [0.15, 0.2) is 53.4 Å². The SMILES string of the molecule is O=C(Nc1ccc(Cl)c(Cl)c1)c1cnc(NCc2ccco2)cn1. The molecule has 0 bridgehead atoms. The Morgan fingerprint density at radius 2 is 2.00 bits per heavy atom. The molecule has 1 aromatic carbocycles. The average Bonchev–Trinajstić information content (AvgIpc) is 3.10. The van der Waals surface area contributed by atoms with Gasteiger partial charge in [-0.05, 0) is 30.3 Å². The van der Waals surface area contributed by atoms with Crippen molar-refractivity contribution in [3.63, 3.8) is 0 Å². The molecule has 122 valence electrons. The second kappa shape index (κ2) is 7.33. The van der Waals surface area contributed by atoms with Crippen LogP contribution in [-0.2, 0) is 6.54 Å². The van der Waals surface area contributed by atoms with Crippen LogP contribution in [0.1, 0.15) is 16.2 Å². The van der Waals surface area contributed by atoms with E-state index in [-0.39, 0.29) is 5.69 Å². The third kappa shape index (κ3) is 4.04. The zero-order valence-electron chi connectivity index (χ0n) is 12.3. The number of nitrogens with zero attached hydrogens (tertiary/aromatic N) is 2. The van der Waals surface area contributed by atoms with Crippen molar-refractivity contribution in [2.24, 2.45) is 0 Å². The number of rotatable bonds is 5. The van der Waals surface area contributed by atoms with Gasteiger partial charge in [-0.1, -0.05) is 23.2 Å². The van der Waals surface area contributed by atoms with E-state index in [4.69, 9.17) is 27.6 Å². The number of furan rings is 1. The van der Waals surface area contributed by atoms with Gasteiger partial charge in [-0.3, -0.25) is 4.79 Å². The van der Waals surface area contributed by atoms with E-state index in [1.54, 1.807) is 30.5 Å². The first kappa shape index (κ1) is 16.3. The highest BCUT2D eigenvalue weighted by atomic mass is 35.5. The molecule has 2 heterocycles. The second-order valence-electron chi connectivity index (χ2n) is 4.80. The largest absolute Gasteiger partial charge is 0.467 e. The Morgan fingerprint density at radius 3 is 2.67 bits per heavy atom. The van der Waals surface area contributed by atoms with E-state index >= 15 is 0 Å². The lowest BCUT2D eigenvalue weighted by molar-refractivity contribution is 0.102. The fourth-order valence-electron chi connectivity index (χ4n) is 1.90. The summed E-state index contributed by atoms with van der Waals surface area (Å²) in [5.41, 5.74) is 0.709. The molecule has 3 aromatic rings. The van der Waals surface area contributed by atoms with E-state index in [0.29, 0.717) is 28.1 Å². The highest BCUT2D eigenvalue weighted by molar-refractivity contribution is 6.42. The molecule has 8 heteroatoms. The molecule has 0 atom stereocenters. The van der Waals surface area contributed by atoms with Crippen LogP contribution in [0.2, 0.25) is 10.0 Å². The lowest BCUT2D eigenvalue weighted by Crippen LogP contribution is -2.14. The van der Waals surface area contributed by atoms with Crippen LogP contribution in [0, 0.1) is 0 Å². The van der Waals surface area contributed by atoms with Gasteiger partial charge in [0.2, 0.25) is 0 Å². The molecule has 0 unspecified atom stereocenters. The topological polar surface area (TPSA) is 80.0 Å². The van der Waals surface area contributed by atoms with Crippen LogP contribution < -0.4 is 10.6 Å². The third-order valence-electron chi connectivity index (χ3n) is 3.09. The minimum atomic E-state index is -0.390. The molecule has 0 fully saturated rings. The average molecular weight is 363 g/mol. The number of hydrogen-bond donors (Lipinski definition) is 2. The van der Waals surface area contributed by atoms with Crippen LogP contribution in [0.4, 0.5) is 11.5 Å². The van der Waals surface area contributed by atoms with Gasteiger partial charge in [-0.2, -0.15) is 0 Å². The highest BCUT2D eigenvalue weighted by Crippen LogP contribution is 2.25. The fraction of sp³-hybridized carbons (Fsp3) is 0.0625. The van der Waals surface area contributed by atoms with Crippen molar-refractivity contribution in [2.45, 2.75) is 6.54 Å².